The highest BCUT2D eigenvalue weighted by molar-refractivity contribution is 5.96. The van der Waals surface area contributed by atoms with Gasteiger partial charge in [-0.3, -0.25) is 9.59 Å². The van der Waals surface area contributed by atoms with Gasteiger partial charge >= 0.3 is 5.97 Å². The van der Waals surface area contributed by atoms with Gasteiger partial charge in [0.05, 0.1) is 11.8 Å². The van der Waals surface area contributed by atoms with E-state index in [0.29, 0.717) is 5.69 Å². The van der Waals surface area contributed by atoms with E-state index in [0.717, 1.165) is 12.8 Å². The maximum Gasteiger partial charge on any atom is 0.310 e. The van der Waals surface area contributed by atoms with Crippen molar-refractivity contribution in [2.45, 2.75) is 18.9 Å². The molecule has 0 radical (unpaired) electrons. The lowest BCUT2D eigenvalue weighted by atomic mass is 9.79. The van der Waals surface area contributed by atoms with Gasteiger partial charge in [-0.1, -0.05) is 0 Å². The Balaban J connectivity index is 1.54. The summed E-state index contributed by atoms with van der Waals surface area (Å²) in [6.45, 7) is 0. The Morgan fingerprint density at radius 1 is 1.25 bits per heavy atom. The van der Waals surface area contributed by atoms with Crippen LogP contribution in [0.3, 0.4) is 0 Å². The van der Waals surface area contributed by atoms with Gasteiger partial charge in [-0.25, -0.2) is 4.39 Å². The van der Waals surface area contributed by atoms with Gasteiger partial charge in [0.2, 0.25) is 5.91 Å². The number of esters is 1. The third kappa shape index (κ3) is 1.58. The zero-order chi connectivity index (χ0) is 13.9. The number of benzene rings is 1. The maximum absolute atomic E-state index is 12.8. The number of nitrogens with one attached hydrogen (secondary N) is 1. The smallest absolute Gasteiger partial charge is 0.310 e. The molecule has 20 heavy (non-hydrogen) atoms. The second-order valence-electron chi connectivity index (χ2n) is 5.92. The number of carbonyl (C=O) groups is 2. The summed E-state index contributed by atoms with van der Waals surface area (Å²) in [5.41, 5.74) is 0.557. The number of halogens is 1. The van der Waals surface area contributed by atoms with Crippen molar-refractivity contribution in [2.24, 2.45) is 23.7 Å². The van der Waals surface area contributed by atoms with Gasteiger partial charge < -0.3 is 10.1 Å². The minimum atomic E-state index is -0.342. The summed E-state index contributed by atoms with van der Waals surface area (Å²) in [6.07, 6.45) is 1.74. The number of hydrogen-bond donors (Lipinski definition) is 1. The van der Waals surface area contributed by atoms with Crippen molar-refractivity contribution in [1.82, 2.24) is 0 Å². The summed E-state index contributed by atoms with van der Waals surface area (Å²) < 4.78 is 18.2. The van der Waals surface area contributed by atoms with Gasteiger partial charge in [-0.2, -0.15) is 0 Å². The molecule has 3 fully saturated rings. The van der Waals surface area contributed by atoms with Crippen molar-refractivity contribution in [3.05, 3.63) is 30.1 Å². The maximum atomic E-state index is 12.8. The summed E-state index contributed by atoms with van der Waals surface area (Å²) in [7, 11) is 0. The SMILES string of the molecule is O=C(Nc1ccc(F)cc1)[C@H]1[C@@H]2C[C@H]3[C@@H]1C(=O)O[C@@H]3C2. The molecule has 1 amide bonds. The number of anilines is 1. The predicted octanol–water partition coefficient (Wildman–Crippen LogP) is 1.96. The average molecular weight is 275 g/mol. The molecule has 2 saturated carbocycles. The average Bonchev–Trinajstić information content (AvgIpc) is 3.02. The molecule has 2 bridgehead atoms. The van der Waals surface area contributed by atoms with Gasteiger partial charge in [-0.15, -0.1) is 0 Å². The lowest BCUT2D eigenvalue weighted by Gasteiger charge is -2.23. The summed E-state index contributed by atoms with van der Waals surface area (Å²) in [5.74, 6) is -0.829. The highest BCUT2D eigenvalue weighted by atomic mass is 19.1. The van der Waals surface area contributed by atoms with Crippen molar-refractivity contribution in [2.75, 3.05) is 5.32 Å². The van der Waals surface area contributed by atoms with Crippen molar-refractivity contribution in [3.63, 3.8) is 0 Å². The van der Waals surface area contributed by atoms with E-state index in [2.05, 4.69) is 5.32 Å². The van der Waals surface area contributed by atoms with Crippen LogP contribution in [0.15, 0.2) is 24.3 Å². The van der Waals surface area contributed by atoms with Crippen LogP contribution in [0.2, 0.25) is 0 Å². The first-order valence-electron chi connectivity index (χ1n) is 6.90. The number of ether oxygens (including phenoxy) is 1. The van der Waals surface area contributed by atoms with Crippen LogP contribution in [0.25, 0.3) is 0 Å². The topological polar surface area (TPSA) is 55.4 Å². The predicted molar refractivity (Wildman–Crippen MR) is 68.1 cm³/mol. The Morgan fingerprint density at radius 3 is 2.75 bits per heavy atom. The molecule has 104 valence electrons. The van der Waals surface area contributed by atoms with Crippen LogP contribution < -0.4 is 5.32 Å². The van der Waals surface area contributed by atoms with Crippen LogP contribution in [0.5, 0.6) is 0 Å². The van der Waals surface area contributed by atoms with E-state index in [9.17, 15) is 14.0 Å². The van der Waals surface area contributed by atoms with Crippen LogP contribution in [0.4, 0.5) is 10.1 Å². The Labute approximate surface area is 115 Å². The zero-order valence-corrected chi connectivity index (χ0v) is 10.7. The molecule has 0 spiro atoms. The minimum absolute atomic E-state index is 0.0346. The van der Waals surface area contributed by atoms with Gasteiger partial charge in [0.15, 0.2) is 0 Å². The van der Waals surface area contributed by atoms with E-state index in [1.165, 1.54) is 24.3 Å². The zero-order valence-electron chi connectivity index (χ0n) is 10.7. The highest BCUT2D eigenvalue weighted by Crippen LogP contribution is 2.57. The normalized spacial score (nSPS) is 37.0. The van der Waals surface area contributed by atoms with E-state index < -0.39 is 0 Å². The molecule has 1 aromatic rings. The molecule has 4 nitrogen and oxygen atoms in total. The van der Waals surface area contributed by atoms with E-state index in [4.69, 9.17) is 4.74 Å². The first-order chi connectivity index (χ1) is 9.63. The number of amides is 1. The summed E-state index contributed by atoms with van der Waals surface area (Å²) >= 11 is 0. The third-order valence-electron chi connectivity index (χ3n) is 4.90. The van der Waals surface area contributed by atoms with Crippen molar-refractivity contribution in [3.8, 4) is 0 Å². The van der Waals surface area contributed by atoms with Crippen LogP contribution in [-0.2, 0) is 14.3 Å². The molecule has 3 aliphatic rings. The molecule has 5 heteroatoms. The van der Waals surface area contributed by atoms with Gasteiger partial charge in [0, 0.05) is 11.6 Å². The van der Waals surface area contributed by atoms with Crippen LogP contribution in [0, 0.1) is 29.5 Å². The second-order valence-corrected chi connectivity index (χ2v) is 5.92. The Morgan fingerprint density at radius 2 is 2.00 bits per heavy atom. The quantitative estimate of drug-likeness (QED) is 0.839. The molecular formula is C15H14FNO3. The van der Waals surface area contributed by atoms with Crippen LogP contribution >= 0.6 is 0 Å². The first-order valence-corrected chi connectivity index (χ1v) is 6.90. The molecular weight excluding hydrogens is 261 g/mol. The molecule has 1 saturated heterocycles. The summed E-state index contributed by atoms with van der Waals surface area (Å²) in [4.78, 5) is 24.3. The fourth-order valence-corrected chi connectivity index (χ4v) is 4.12. The molecule has 2 aliphatic carbocycles. The number of carbonyl (C=O) groups excluding carboxylic acids is 2. The Kier molecular flexibility index (Phi) is 2.40. The molecule has 1 heterocycles. The fourth-order valence-electron chi connectivity index (χ4n) is 4.12. The van der Waals surface area contributed by atoms with Crippen molar-refractivity contribution >= 4 is 17.6 Å². The highest BCUT2D eigenvalue weighted by Gasteiger charge is 2.63. The van der Waals surface area contributed by atoms with E-state index >= 15 is 0 Å². The third-order valence-corrected chi connectivity index (χ3v) is 4.90. The fraction of sp³-hybridized carbons (Fsp3) is 0.467. The van der Waals surface area contributed by atoms with Crippen molar-refractivity contribution < 1.29 is 18.7 Å². The lowest BCUT2D eigenvalue weighted by Crippen LogP contribution is -2.35. The van der Waals surface area contributed by atoms with Gasteiger partial charge in [0.25, 0.3) is 0 Å². The standard InChI is InChI=1S/C15H14FNO3/c16-8-1-3-9(4-2-8)17-14(18)12-7-5-10-11(6-7)20-15(19)13(10)12/h1-4,7,10-13H,5-6H2,(H,17,18)/t7-,10-,11-,12+,13+/m1/s1. The molecule has 1 N–H and O–H groups in total. The van der Waals surface area contributed by atoms with Gasteiger partial charge in [0.1, 0.15) is 11.9 Å². The number of hydrogen-bond acceptors (Lipinski definition) is 3. The number of rotatable bonds is 2. The number of fused-ring (bicyclic) bond motifs is 1. The van der Waals surface area contributed by atoms with E-state index in [1.807, 2.05) is 0 Å². The molecule has 5 atom stereocenters. The summed E-state index contributed by atoms with van der Waals surface area (Å²) in [6, 6.07) is 5.65. The molecule has 4 rings (SSSR count). The van der Waals surface area contributed by atoms with E-state index in [1.54, 1.807) is 0 Å². The Hall–Kier alpha value is -1.91. The van der Waals surface area contributed by atoms with Crippen LogP contribution in [-0.4, -0.2) is 18.0 Å². The minimum Gasteiger partial charge on any atom is -0.462 e. The van der Waals surface area contributed by atoms with Crippen molar-refractivity contribution in [1.29, 1.82) is 0 Å². The summed E-state index contributed by atoms with van der Waals surface area (Å²) in [5, 5.41) is 2.79. The van der Waals surface area contributed by atoms with Crippen LogP contribution in [0.1, 0.15) is 12.8 Å². The molecule has 0 unspecified atom stereocenters. The van der Waals surface area contributed by atoms with E-state index in [-0.39, 0.29) is 47.5 Å². The largest absolute Gasteiger partial charge is 0.462 e. The monoisotopic (exact) mass is 275 g/mol. The Bertz CT molecular complexity index is 583. The molecule has 0 aromatic heterocycles. The lowest BCUT2D eigenvalue weighted by molar-refractivity contribution is -0.145. The van der Waals surface area contributed by atoms with Gasteiger partial charge in [-0.05, 0) is 43.0 Å². The molecule has 1 aromatic carbocycles. The first kappa shape index (κ1) is 11.9. The second kappa shape index (κ2) is 4.04. The molecule has 1 aliphatic heterocycles.